The number of aromatic nitrogens is 2. The molecule has 4 nitrogen and oxygen atoms in total. The van der Waals surface area contributed by atoms with E-state index >= 15 is 0 Å². The third-order valence-electron chi connectivity index (χ3n) is 21.9. The Hall–Kier alpha value is -11.4. The summed E-state index contributed by atoms with van der Waals surface area (Å²) in [7, 11) is 0. The summed E-state index contributed by atoms with van der Waals surface area (Å²) < 4.78 is 5.21. The third-order valence-corrected chi connectivity index (χ3v) is 21.9. The Morgan fingerprint density at radius 2 is 0.596 bits per heavy atom. The van der Waals surface area contributed by atoms with Gasteiger partial charge in [0.05, 0.1) is 33.4 Å². The molecule has 0 bridgehead atoms. The molecule has 0 unspecified atom stereocenters. The SMILES string of the molecule is CC(C)(C)c1cc2c3c(c1)N(c1ccccc1-c1ccccc1)c1cc(-n4c5ccc(C(C)(C)C)cc5c5c6ccccc6c6ccccc6c54)ccc1B3c1ccc(-n3c4ccc(C(C)(C)C)cc4c4c5ccccc5c5ccccc5c43)cc1N2c1ccccc1-c1ccccc1. The van der Waals surface area contributed by atoms with Gasteiger partial charge in [-0.15, -0.1) is 0 Å². The molecular weight excluding hydrogens is 1200 g/mol. The molecule has 0 amide bonds. The zero-order valence-corrected chi connectivity index (χ0v) is 57.6. The minimum atomic E-state index is -0.266. The Kier molecular flexibility index (Phi) is 12.8. The summed E-state index contributed by atoms with van der Waals surface area (Å²) in [5.41, 5.74) is 25.9. The van der Waals surface area contributed by atoms with Crippen LogP contribution in [0, 0.1) is 0 Å². The van der Waals surface area contributed by atoms with Gasteiger partial charge in [0.2, 0.25) is 0 Å². The van der Waals surface area contributed by atoms with Gasteiger partial charge < -0.3 is 18.9 Å². The second-order valence-electron chi connectivity index (χ2n) is 30.8. The van der Waals surface area contributed by atoms with Gasteiger partial charge >= 0.3 is 0 Å². The molecule has 0 fully saturated rings. The Balaban J connectivity index is 0.956. The van der Waals surface area contributed by atoms with E-state index < -0.39 is 0 Å². The smallest absolute Gasteiger partial charge is 0.252 e. The molecular formula is C94H75BN4. The van der Waals surface area contributed by atoms with Gasteiger partial charge in [0.15, 0.2) is 0 Å². The summed E-state index contributed by atoms with van der Waals surface area (Å²) in [5.74, 6) is 0. The normalized spacial score (nSPS) is 13.2. The van der Waals surface area contributed by atoms with E-state index in [-0.39, 0.29) is 23.0 Å². The zero-order chi connectivity index (χ0) is 67.0. The van der Waals surface area contributed by atoms with Crippen molar-refractivity contribution in [1.29, 1.82) is 0 Å². The van der Waals surface area contributed by atoms with Gasteiger partial charge in [-0.2, -0.15) is 0 Å². The monoisotopic (exact) mass is 1270 g/mol. The van der Waals surface area contributed by atoms with E-state index in [9.17, 15) is 0 Å². The lowest BCUT2D eigenvalue weighted by molar-refractivity contribution is 0.590. The standard InChI is InChI=1S/C94H75BN4/c1-92(2,3)60-44-50-81-75(52-60)87-71-38-20-16-34-67(71)69-36-18-22-40-73(69)90(87)96(81)63-46-48-77-83(56-63)98(79-42-26-24-32-65(79)58-28-12-10-13-29-58)85-54-62(94(7,8)9)55-86-89(85)95(77)78-49-47-64(57-84(78)99(86)80-43-27-25-33-66(80)59-30-14-11-15-31-59)97-82-51-45-61(93(4,5)6)53-76(82)88-72-39-21-17-35-68(72)70-37-19-23-41-74(70)91(88)97/h10-57H,1-9H3. The molecule has 17 aromatic rings. The van der Waals surface area contributed by atoms with E-state index in [1.54, 1.807) is 0 Å². The summed E-state index contributed by atoms with van der Waals surface area (Å²) in [5, 5.41) is 15.1. The number of nitrogens with zero attached hydrogens (tertiary/aromatic N) is 4. The van der Waals surface area contributed by atoms with Crippen molar-refractivity contribution in [3.63, 3.8) is 0 Å². The van der Waals surface area contributed by atoms with Crippen LogP contribution in [0.1, 0.15) is 79.0 Å². The Morgan fingerprint density at radius 3 is 0.990 bits per heavy atom. The molecule has 15 aromatic carbocycles. The number of fused-ring (bicyclic) bond motifs is 20. The quantitative estimate of drug-likeness (QED) is 0.122. The molecule has 2 aliphatic rings. The number of rotatable bonds is 6. The number of anilines is 6. The van der Waals surface area contributed by atoms with Crippen LogP contribution in [0.15, 0.2) is 291 Å². The van der Waals surface area contributed by atoms with E-state index in [1.165, 1.54) is 153 Å². The summed E-state index contributed by atoms with van der Waals surface area (Å²) in [6.45, 7) is 21.0. The molecule has 4 heterocycles. The second-order valence-corrected chi connectivity index (χ2v) is 30.8. The summed E-state index contributed by atoms with van der Waals surface area (Å²) >= 11 is 0. The first-order valence-corrected chi connectivity index (χ1v) is 35.2. The first kappa shape index (κ1) is 58.9. The van der Waals surface area contributed by atoms with Gasteiger partial charge in [-0.25, -0.2) is 0 Å². The lowest BCUT2D eigenvalue weighted by Crippen LogP contribution is -2.61. The topological polar surface area (TPSA) is 16.3 Å². The maximum absolute atomic E-state index is 2.66. The fourth-order valence-corrected chi connectivity index (χ4v) is 17.1. The Labute approximate surface area is 579 Å². The molecule has 2 aliphatic heterocycles. The van der Waals surface area contributed by atoms with Crippen LogP contribution in [0.5, 0.6) is 0 Å². The molecule has 0 saturated heterocycles. The summed E-state index contributed by atoms with van der Waals surface area (Å²) in [4.78, 5) is 5.32. The van der Waals surface area contributed by atoms with Gasteiger partial charge in [0.1, 0.15) is 0 Å². The van der Waals surface area contributed by atoms with E-state index in [2.05, 4.69) is 372 Å². The molecule has 19 rings (SSSR count). The van der Waals surface area contributed by atoms with E-state index in [1.807, 2.05) is 0 Å². The molecule has 0 spiro atoms. The first-order chi connectivity index (χ1) is 48.1. The number of benzene rings is 15. The van der Waals surface area contributed by atoms with Gasteiger partial charge in [-0.3, -0.25) is 0 Å². The van der Waals surface area contributed by atoms with E-state index in [0.29, 0.717) is 0 Å². The highest BCUT2D eigenvalue weighted by molar-refractivity contribution is 7.00. The average Bonchev–Trinajstić information content (AvgIpc) is 1.58. The van der Waals surface area contributed by atoms with Crippen molar-refractivity contribution in [3.8, 4) is 33.6 Å². The minimum absolute atomic E-state index is 0.0645. The molecule has 5 heteroatoms. The van der Waals surface area contributed by atoms with Crippen LogP contribution in [0.25, 0.3) is 120 Å². The second kappa shape index (κ2) is 21.6. The molecule has 0 N–H and O–H groups in total. The molecule has 0 radical (unpaired) electrons. The summed E-state index contributed by atoms with van der Waals surface area (Å²) in [6, 6.07) is 111. The molecule has 0 aliphatic carbocycles. The van der Waals surface area contributed by atoms with Crippen LogP contribution in [0.2, 0.25) is 0 Å². The highest BCUT2D eigenvalue weighted by Crippen LogP contribution is 2.53. The number of hydrogen-bond donors (Lipinski definition) is 0. The molecule has 2 aromatic heterocycles. The lowest BCUT2D eigenvalue weighted by Gasteiger charge is -2.46. The predicted molar refractivity (Wildman–Crippen MR) is 426 cm³/mol. The highest BCUT2D eigenvalue weighted by Gasteiger charge is 2.45. The molecule has 0 saturated carbocycles. The summed E-state index contributed by atoms with van der Waals surface area (Å²) in [6.07, 6.45) is 0. The van der Waals surface area contributed by atoms with Crippen molar-refractivity contribution in [1.82, 2.24) is 9.13 Å². The third kappa shape index (κ3) is 8.85. The minimum Gasteiger partial charge on any atom is -0.311 e. The van der Waals surface area contributed by atoms with Crippen molar-refractivity contribution in [3.05, 3.63) is 308 Å². The number of para-hydroxylation sites is 2. The Morgan fingerprint density at radius 1 is 0.253 bits per heavy atom. The van der Waals surface area contributed by atoms with Crippen LogP contribution in [-0.2, 0) is 16.2 Å². The van der Waals surface area contributed by atoms with Gasteiger partial charge in [0.25, 0.3) is 6.71 Å². The van der Waals surface area contributed by atoms with Crippen LogP contribution in [0.4, 0.5) is 34.1 Å². The highest BCUT2D eigenvalue weighted by atomic mass is 15.2. The van der Waals surface area contributed by atoms with Crippen LogP contribution >= 0.6 is 0 Å². The van der Waals surface area contributed by atoms with Crippen molar-refractivity contribution in [2.24, 2.45) is 0 Å². The largest absolute Gasteiger partial charge is 0.311 e. The number of hydrogen-bond acceptors (Lipinski definition) is 2. The maximum atomic E-state index is 2.66. The molecule has 99 heavy (non-hydrogen) atoms. The van der Waals surface area contributed by atoms with Crippen LogP contribution in [-0.4, -0.2) is 15.8 Å². The Bertz CT molecular complexity index is 5880. The first-order valence-electron chi connectivity index (χ1n) is 35.2. The zero-order valence-electron chi connectivity index (χ0n) is 57.6. The van der Waals surface area contributed by atoms with Crippen molar-refractivity contribution in [2.45, 2.75) is 78.6 Å². The lowest BCUT2D eigenvalue weighted by atomic mass is 9.33. The van der Waals surface area contributed by atoms with Crippen LogP contribution in [0.3, 0.4) is 0 Å². The van der Waals surface area contributed by atoms with Crippen molar-refractivity contribution < 1.29 is 0 Å². The van der Waals surface area contributed by atoms with Crippen molar-refractivity contribution >= 4 is 144 Å². The fourth-order valence-electron chi connectivity index (χ4n) is 17.1. The van der Waals surface area contributed by atoms with E-state index in [0.717, 1.165) is 34.1 Å². The van der Waals surface area contributed by atoms with E-state index in [4.69, 9.17) is 0 Å². The van der Waals surface area contributed by atoms with Gasteiger partial charge in [0, 0.05) is 77.6 Å². The average molecular weight is 1270 g/mol. The van der Waals surface area contributed by atoms with Crippen LogP contribution < -0.4 is 26.2 Å². The van der Waals surface area contributed by atoms with Gasteiger partial charge in [-0.05, 0) is 166 Å². The van der Waals surface area contributed by atoms with Gasteiger partial charge in [-0.1, -0.05) is 281 Å². The molecule has 0 atom stereocenters. The fraction of sp³-hybridized carbons (Fsp3) is 0.128. The maximum Gasteiger partial charge on any atom is 0.252 e. The predicted octanol–water partition coefficient (Wildman–Crippen LogP) is 23.8. The van der Waals surface area contributed by atoms with Crippen molar-refractivity contribution in [2.75, 3.05) is 9.80 Å². The molecule has 474 valence electrons.